The highest BCUT2D eigenvalue weighted by Crippen LogP contribution is 2.25. The largest absolute Gasteiger partial charge is 0.489 e. The number of hydrogen-bond acceptors (Lipinski definition) is 2. The standard InChI is InChI=1S/C21H17ClFNO/c1-15-19(22)9-5-11-21(15)24-13-16-6-4-8-18(12-16)25-14-17-7-2-3-10-20(17)23/h2-13H,14H2,1H3. The van der Waals surface area contributed by atoms with Crippen molar-refractivity contribution < 1.29 is 9.13 Å². The molecule has 0 aliphatic rings. The molecule has 0 atom stereocenters. The van der Waals surface area contributed by atoms with E-state index in [1.807, 2.05) is 49.4 Å². The van der Waals surface area contributed by atoms with Crippen LogP contribution in [0.5, 0.6) is 5.75 Å². The summed E-state index contributed by atoms with van der Waals surface area (Å²) in [5, 5.41) is 0.691. The summed E-state index contributed by atoms with van der Waals surface area (Å²) in [5.74, 6) is 0.395. The molecule has 4 heteroatoms. The minimum Gasteiger partial charge on any atom is -0.489 e. The first-order valence-electron chi connectivity index (χ1n) is 7.89. The topological polar surface area (TPSA) is 21.6 Å². The zero-order chi connectivity index (χ0) is 17.6. The fourth-order valence-electron chi connectivity index (χ4n) is 2.34. The van der Waals surface area contributed by atoms with Gasteiger partial charge in [-0.05, 0) is 48.4 Å². The smallest absolute Gasteiger partial charge is 0.129 e. The molecular weight excluding hydrogens is 337 g/mol. The lowest BCUT2D eigenvalue weighted by Gasteiger charge is -2.07. The van der Waals surface area contributed by atoms with Crippen LogP contribution in [0.4, 0.5) is 10.1 Å². The number of rotatable bonds is 5. The molecule has 2 nitrogen and oxygen atoms in total. The Morgan fingerprint density at radius 2 is 1.84 bits per heavy atom. The number of ether oxygens (including phenoxy) is 1. The fourth-order valence-corrected chi connectivity index (χ4v) is 2.51. The van der Waals surface area contributed by atoms with Crippen molar-refractivity contribution in [1.29, 1.82) is 0 Å². The zero-order valence-electron chi connectivity index (χ0n) is 13.7. The van der Waals surface area contributed by atoms with Gasteiger partial charge in [0.25, 0.3) is 0 Å². The second-order valence-electron chi connectivity index (χ2n) is 5.59. The number of hydrogen-bond donors (Lipinski definition) is 0. The molecule has 3 rings (SSSR count). The van der Waals surface area contributed by atoms with E-state index in [4.69, 9.17) is 16.3 Å². The van der Waals surface area contributed by atoms with Crippen LogP contribution in [-0.4, -0.2) is 6.21 Å². The third kappa shape index (κ3) is 4.46. The van der Waals surface area contributed by atoms with Gasteiger partial charge in [0.2, 0.25) is 0 Å². The summed E-state index contributed by atoms with van der Waals surface area (Å²) < 4.78 is 19.3. The Kier molecular flexibility index (Phi) is 5.46. The average molecular weight is 354 g/mol. The minimum atomic E-state index is -0.267. The first-order valence-corrected chi connectivity index (χ1v) is 8.27. The zero-order valence-corrected chi connectivity index (χ0v) is 14.5. The molecule has 0 saturated carbocycles. The van der Waals surface area contributed by atoms with Gasteiger partial charge in [-0.15, -0.1) is 0 Å². The third-order valence-corrected chi connectivity index (χ3v) is 4.21. The van der Waals surface area contributed by atoms with Crippen molar-refractivity contribution in [3.8, 4) is 5.75 Å². The van der Waals surface area contributed by atoms with E-state index >= 15 is 0 Å². The molecule has 0 heterocycles. The summed E-state index contributed by atoms with van der Waals surface area (Å²) in [7, 11) is 0. The molecule has 0 aliphatic carbocycles. The number of halogens is 2. The van der Waals surface area contributed by atoms with E-state index in [0.29, 0.717) is 16.3 Å². The average Bonchev–Trinajstić information content (AvgIpc) is 2.63. The van der Waals surface area contributed by atoms with Crippen LogP contribution in [0.1, 0.15) is 16.7 Å². The van der Waals surface area contributed by atoms with Crippen molar-refractivity contribution in [3.05, 3.63) is 94.3 Å². The van der Waals surface area contributed by atoms with Gasteiger partial charge in [0.05, 0.1) is 5.69 Å². The summed E-state index contributed by atoms with van der Waals surface area (Å²) in [6.07, 6.45) is 1.76. The normalized spacial score (nSPS) is 11.0. The van der Waals surface area contributed by atoms with Gasteiger partial charge < -0.3 is 4.74 Å². The molecule has 0 spiro atoms. The Hall–Kier alpha value is -2.65. The van der Waals surface area contributed by atoms with Crippen LogP contribution in [-0.2, 0) is 6.61 Å². The van der Waals surface area contributed by atoms with Crippen LogP contribution >= 0.6 is 11.6 Å². The maximum Gasteiger partial charge on any atom is 0.129 e. The molecule has 0 fully saturated rings. The fraction of sp³-hybridized carbons (Fsp3) is 0.0952. The van der Waals surface area contributed by atoms with Gasteiger partial charge in [0.1, 0.15) is 18.2 Å². The Bertz CT molecular complexity index is 908. The summed E-state index contributed by atoms with van der Waals surface area (Å²) in [5.41, 5.74) is 3.18. The SMILES string of the molecule is Cc1c(Cl)cccc1N=Cc1cccc(OCc2ccccc2F)c1. The van der Waals surface area contributed by atoms with E-state index < -0.39 is 0 Å². The molecule has 0 radical (unpaired) electrons. The van der Waals surface area contributed by atoms with Crippen molar-refractivity contribution in [2.45, 2.75) is 13.5 Å². The van der Waals surface area contributed by atoms with Crippen molar-refractivity contribution in [2.75, 3.05) is 0 Å². The Morgan fingerprint density at radius 1 is 1.04 bits per heavy atom. The van der Waals surface area contributed by atoms with Crippen LogP contribution in [0.25, 0.3) is 0 Å². The molecule has 0 unspecified atom stereocenters. The second kappa shape index (κ2) is 7.95. The van der Waals surface area contributed by atoms with Crippen molar-refractivity contribution in [1.82, 2.24) is 0 Å². The maximum absolute atomic E-state index is 13.6. The Labute approximate surface area is 151 Å². The summed E-state index contributed by atoms with van der Waals surface area (Å²) in [6.45, 7) is 2.11. The van der Waals surface area contributed by atoms with E-state index in [1.165, 1.54) is 6.07 Å². The highest BCUT2D eigenvalue weighted by Gasteiger charge is 2.03. The summed E-state index contributed by atoms with van der Waals surface area (Å²) >= 11 is 6.11. The molecule has 25 heavy (non-hydrogen) atoms. The van der Waals surface area contributed by atoms with Gasteiger partial charge in [0, 0.05) is 16.8 Å². The van der Waals surface area contributed by atoms with Gasteiger partial charge in [-0.25, -0.2) is 4.39 Å². The third-order valence-electron chi connectivity index (χ3n) is 3.80. The Morgan fingerprint density at radius 3 is 2.68 bits per heavy atom. The van der Waals surface area contributed by atoms with Crippen LogP contribution in [0.3, 0.4) is 0 Å². The van der Waals surface area contributed by atoms with Gasteiger partial charge in [0.15, 0.2) is 0 Å². The minimum absolute atomic E-state index is 0.181. The van der Waals surface area contributed by atoms with Crippen LogP contribution in [0.2, 0.25) is 5.02 Å². The van der Waals surface area contributed by atoms with E-state index in [-0.39, 0.29) is 12.4 Å². The van der Waals surface area contributed by atoms with Crippen molar-refractivity contribution >= 4 is 23.5 Å². The monoisotopic (exact) mass is 353 g/mol. The molecule has 0 aliphatic heterocycles. The molecule has 3 aromatic rings. The lowest BCUT2D eigenvalue weighted by molar-refractivity contribution is 0.300. The molecule has 0 saturated heterocycles. The molecular formula is C21H17ClFNO. The van der Waals surface area contributed by atoms with E-state index in [9.17, 15) is 4.39 Å². The van der Waals surface area contributed by atoms with Crippen LogP contribution in [0.15, 0.2) is 71.7 Å². The van der Waals surface area contributed by atoms with Gasteiger partial charge >= 0.3 is 0 Å². The van der Waals surface area contributed by atoms with Crippen LogP contribution < -0.4 is 4.74 Å². The predicted octanol–water partition coefficient (Wildman–Crippen LogP) is 6.12. The molecule has 126 valence electrons. The summed E-state index contributed by atoms with van der Waals surface area (Å²) in [6, 6.07) is 19.7. The van der Waals surface area contributed by atoms with Gasteiger partial charge in [-0.3, -0.25) is 4.99 Å². The highest BCUT2D eigenvalue weighted by molar-refractivity contribution is 6.31. The van der Waals surface area contributed by atoms with E-state index in [1.54, 1.807) is 24.4 Å². The number of benzene rings is 3. The highest BCUT2D eigenvalue weighted by atomic mass is 35.5. The maximum atomic E-state index is 13.6. The van der Waals surface area contributed by atoms with E-state index in [0.717, 1.165) is 16.8 Å². The molecule has 0 bridgehead atoms. The number of nitrogens with zero attached hydrogens (tertiary/aromatic N) is 1. The molecule has 0 amide bonds. The van der Waals surface area contributed by atoms with Crippen molar-refractivity contribution in [2.24, 2.45) is 4.99 Å². The lowest BCUT2D eigenvalue weighted by Crippen LogP contribution is -1.98. The van der Waals surface area contributed by atoms with Crippen LogP contribution in [0, 0.1) is 12.7 Å². The predicted molar refractivity (Wildman–Crippen MR) is 101 cm³/mol. The first-order chi connectivity index (χ1) is 12.1. The molecule has 3 aromatic carbocycles. The first kappa shape index (κ1) is 17.2. The van der Waals surface area contributed by atoms with Gasteiger partial charge in [-0.1, -0.05) is 48.0 Å². The number of aliphatic imine (C=N–C) groups is 1. The van der Waals surface area contributed by atoms with Crippen molar-refractivity contribution in [3.63, 3.8) is 0 Å². The lowest BCUT2D eigenvalue weighted by atomic mass is 10.2. The van der Waals surface area contributed by atoms with E-state index in [2.05, 4.69) is 4.99 Å². The second-order valence-corrected chi connectivity index (χ2v) is 6.00. The molecule has 0 aromatic heterocycles. The quantitative estimate of drug-likeness (QED) is 0.506. The Balaban J connectivity index is 1.72. The van der Waals surface area contributed by atoms with Gasteiger partial charge in [-0.2, -0.15) is 0 Å². The molecule has 0 N–H and O–H groups in total. The summed E-state index contributed by atoms with van der Waals surface area (Å²) in [4.78, 5) is 4.49.